The topological polar surface area (TPSA) is 60.2 Å². The van der Waals surface area contributed by atoms with Crippen molar-refractivity contribution in [1.82, 2.24) is 4.98 Å². The van der Waals surface area contributed by atoms with Gasteiger partial charge in [-0.1, -0.05) is 0 Å². The van der Waals surface area contributed by atoms with Gasteiger partial charge in [0.1, 0.15) is 0 Å². The Balaban J connectivity index is 2.01. The number of rotatable bonds is 2. The molecular formula is C14H17N3O. The van der Waals surface area contributed by atoms with Crippen molar-refractivity contribution in [2.45, 2.75) is 18.9 Å². The molecule has 1 fully saturated rings. The van der Waals surface area contributed by atoms with Gasteiger partial charge >= 0.3 is 0 Å². The van der Waals surface area contributed by atoms with Gasteiger partial charge in [0.2, 0.25) is 0 Å². The second-order valence-electron chi connectivity index (χ2n) is 5.12. The van der Waals surface area contributed by atoms with Crippen LogP contribution in [0.2, 0.25) is 0 Å². The minimum Gasteiger partial charge on any atom is -0.399 e. The molecule has 2 heterocycles. The number of nitrogens with two attached hydrogens (primary N) is 1. The predicted octanol–water partition coefficient (Wildman–Crippen LogP) is 2.41. The van der Waals surface area contributed by atoms with Crippen molar-refractivity contribution < 1.29 is 4.74 Å². The molecule has 1 aliphatic rings. The second kappa shape index (κ2) is 4.14. The molecule has 1 aromatic heterocycles. The molecule has 0 saturated carbocycles. The Hall–Kier alpha value is -1.81. The average Bonchev–Trinajstić information content (AvgIpc) is 2.76. The van der Waals surface area contributed by atoms with E-state index in [9.17, 15) is 0 Å². The van der Waals surface area contributed by atoms with Gasteiger partial charge in [0.05, 0.1) is 17.7 Å². The molecule has 0 radical (unpaired) electrons. The maximum Gasteiger partial charge on any atom is 0.0743 e. The van der Waals surface area contributed by atoms with Gasteiger partial charge in [-0.3, -0.25) is 4.98 Å². The quantitative estimate of drug-likeness (QED) is 0.795. The molecule has 1 unspecified atom stereocenters. The summed E-state index contributed by atoms with van der Waals surface area (Å²) in [5.74, 6) is 0. The number of benzene rings is 1. The van der Waals surface area contributed by atoms with Crippen LogP contribution in [0.4, 0.5) is 11.4 Å². The van der Waals surface area contributed by atoms with Gasteiger partial charge in [-0.05, 0) is 37.6 Å². The summed E-state index contributed by atoms with van der Waals surface area (Å²) < 4.78 is 5.47. The van der Waals surface area contributed by atoms with Crippen molar-refractivity contribution in [2.24, 2.45) is 0 Å². The molecule has 94 valence electrons. The van der Waals surface area contributed by atoms with Gasteiger partial charge in [-0.25, -0.2) is 0 Å². The Bertz CT molecular complexity index is 576. The fourth-order valence-corrected chi connectivity index (χ4v) is 2.36. The van der Waals surface area contributed by atoms with E-state index in [1.807, 2.05) is 30.5 Å². The lowest BCUT2D eigenvalue weighted by Crippen LogP contribution is -2.34. The third-order valence-electron chi connectivity index (χ3n) is 3.42. The van der Waals surface area contributed by atoms with Crippen molar-refractivity contribution in [3.8, 4) is 0 Å². The van der Waals surface area contributed by atoms with Crippen LogP contribution in [0.25, 0.3) is 10.9 Å². The van der Waals surface area contributed by atoms with E-state index in [1.165, 1.54) is 0 Å². The third kappa shape index (κ3) is 1.99. The van der Waals surface area contributed by atoms with Crippen LogP contribution < -0.4 is 11.1 Å². The van der Waals surface area contributed by atoms with Crippen LogP contribution in [0.3, 0.4) is 0 Å². The average molecular weight is 243 g/mol. The maximum atomic E-state index is 5.78. The fraction of sp³-hybridized carbons (Fsp3) is 0.357. The van der Waals surface area contributed by atoms with Crippen LogP contribution in [0.15, 0.2) is 30.5 Å². The first-order chi connectivity index (χ1) is 8.66. The highest BCUT2D eigenvalue weighted by Gasteiger charge is 2.29. The zero-order chi connectivity index (χ0) is 12.6. The normalized spacial score (nSPS) is 23.4. The molecule has 3 rings (SSSR count). The van der Waals surface area contributed by atoms with Crippen LogP contribution >= 0.6 is 0 Å². The first-order valence-corrected chi connectivity index (χ1v) is 6.16. The van der Waals surface area contributed by atoms with Crippen molar-refractivity contribution in [3.05, 3.63) is 30.5 Å². The van der Waals surface area contributed by atoms with E-state index >= 15 is 0 Å². The largest absolute Gasteiger partial charge is 0.399 e. The highest BCUT2D eigenvalue weighted by molar-refractivity contribution is 5.92. The summed E-state index contributed by atoms with van der Waals surface area (Å²) in [7, 11) is 0. The molecule has 4 heteroatoms. The minimum absolute atomic E-state index is 0.00959. The lowest BCUT2D eigenvalue weighted by molar-refractivity contribution is 0.185. The standard InChI is InChI=1S/C14H17N3O/c1-14(5-7-18-9-14)17-12-4-6-16-13-8-10(15)2-3-11(12)13/h2-4,6,8H,5,7,9,15H2,1H3,(H,16,17). The molecule has 0 spiro atoms. The number of hydrogen-bond acceptors (Lipinski definition) is 4. The number of aromatic nitrogens is 1. The van der Waals surface area contributed by atoms with Crippen LogP contribution in [0.5, 0.6) is 0 Å². The molecule has 4 nitrogen and oxygen atoms in total. The molecule has 0 amide bonds. The van der Waals surface area contributed by atoms with E-state index < -0.39 is 0 Å². The summed E-state index contributed by atoms with van der Waals surface area (Å²) >= 11 is 0. The van der Waals surface area contributed by atoms with Crippen molar-refractivity contribution in [2.75, 3.05) is 24.3 Å². The summed E-state index contributed by atoms with van der Waals surface area (Å²) in [5, 5.41) is 4.67. The van der Waals surface area contributed by atoms with E-state index in [4.69, 9.17) is 10.5 Å². The zero-order valence-corrected chi connectivity index (χ0v) is 10.4. The van der Waals surface area contributed by atoms with Crippen LogP contribution in [-0.2, 0) is 4.74 Å². The minimum atomic E-state index is 0.00959. The number of anilines is 2. The van der Waals surface area contributed by atoms with Gasteiger partial charge in [0.25, 0.3) is 0 Å². The molecule has 0 bridgehead atoms. The maximum absolute atomic E-state index is 5.78. The summed E-state index contributed by atoms with van der Waals surface area (Å²) in [6, 6.07) is 7.82. The smallest absolute Gasteiger partial charge is 0.0743 e. The predicted molar refractivity (Wildman–Crippen MR) is 73.6 cm³/mol. The van der Waals surface area contributed by atoms with Crippen LogP contribution in [0, 0.1) is 0 Å². The molecule has 18 heavy (non-hydrogen) atoms. The number of nitrogen functional groups attached to an aromatic ring is 1. The second-order valence-corrected chi connectivity index (χ2v) is 5.12. The van der Waals surface area contributed by atoms with Gasteiger partial charge in [-0.15, -0.1) is 0 Å². The first-order valence-electron chi connectivity index (χ1n) is 6.16. The Morgan fingerprint density at radius 1 is 1.39 bits per heavy atom. The highest BCUT2D eigenvalue weighted by Crippen LogP contribution is 2.29. The Labute approximate surface area is 106 Å². The molecule has 2 aromatic rings. The lowest BCUT2D eigenvalue weighted by atomic mass is 10.0. The SMILES string of the molecule is CC1(Nc2ccnc3cc(N)ccc23)CCOC1. The summed E-state index contributed by atoms with van der Waals surface area (Å²) in [5.41, 5.74) is 8.54. The summed E-state index contributed by atoms with van der Waals surface area (Å²) in [6.07, 6.45) is 2.83. The van der Waals surface area contributed by atoms with Gasteiger partial charge in [0.15, 0.2) is 0 Å². The number of hydrogen-bond donors (Lipinski definition) is 2. The fourth-order valence-electron chi connectivity index (χ4n) is 2.36. The zero-order valence-electron chi connectivity index (χ0n) is 10.4. The Morgan fingerprint density at radius 2 is 2.28 bits per heavy atom. The summed E-state index contributed by atoms with van der Waals surface area (Å²) in [4.78, 5) is 4.35. The molecule has 1 aromatic carbocycles. The van der Waals surface area contributed by atoms with Crippen molar-refractivity contribution in [3.63, 3.8) is 0 Å². The van der Waals surface area contributed by atoms with Crippen molar-refractivity contribution >= 4 is 22.3 Å². The van der Waals surface area contributed by atoms with Gasteiger partial charge in [0, 0.05) is 29.6 Å². The van der Waals surface area contributed by atoms with E-state index in [1.54, 1.807) is 0 Å². The number of fused-ring (bicyclic) bond motifs is 1. The first kappa shape index (κ1) is 11.3. The van der Waals surface area contributed by atoms with Gasteiger partial charge < -0.3 is 15.8 Å². The third-order valence-corrected chi connectivity index (χ3v) is 3.42. The number of ether oxygens (including phenoxy) is 1. The molecular weight excluding hydrogens is 226 g/mol. The molecule has 1 saturated heterocycles. The van der Waals surface area contributed by atoms with Crippen LogP contribution in [0.1, 0.15) is 13.3 Å². The molecule has 1 atom stereocenters. The van der Waals surface area contributed by atoms with Gasteiger partial charge in [-0.2, -0.15) is 0 Å². The molecule has 3 N–H and O–H groups in total. The molecule has 0 aliphatic carbocycles. The number of nitrogens with zero attached hydrogens (tertiary/aromatic N) is 1. The summed E-state index contributed by atoms with van der Waals surface area (Å²) in [6.45, 7) is 3.74. The number of nitrogens with one attached hydrogen (secondary N) is 1. The monoisotopic (exact) mass is 243 g/mol. The lowest BCUT2D eigenvalue weighted by Gasteiger charge is -2.25. The van der Waals surface area contributed by atoms with Crippen LogP contribution in [-0.4, -0.2) is 23.7 Å². The number of pyridine rings is 1. The Morgan fingerprint density at radius 3 is 3.06 bits per heavy atom. The molecule has 1 aliphatic heterocycles. The van der Waals surface area contributed by atoms with Crippen molar-refractivity contribution in [1.29, 1.82) is 0 Å². The van der Waals surface area contributed by atoms with E-state index in [-0.39, 0.29) is 5.54 Å². The van der Waals surface area contributed by atoms with E-state index in [0.29, 0.717) is 0 Å². The van der Waals surface area contributed by atoms with E-state index in [2.05, 4.69) is 17.2 Å². The highest BCUT2D eigenvalue weighted by atomic mass is 16.5. The van der Waals surface area contributed by atoms with E-state index in [0.717, 1.165) is 41.9 Å². The Kier molecular flexibility index (Phi) is 2.59.